The Labute approximate surface area is 127 Å². The number of nitrogens with two attached hydrogens (primary N) is 1. The molecule has 116 valence electrons. The van der Waals surface area contributed by atoms with E-state index in [1.165, 1.54) is 11.5 Å². The molecule has 7 nitrogen and oxygen atoms in total. The second-order valence-electron chi connectivity index (χ2n) is 5.45. The molecule has 2 atom stereocenters. The maximum Gasteiger partial charge on any atom is 0.258 e. The molecule has 2 unspecified atom stereocenters. The van der Waals surface area contributed by atoms with Gasteiger partial charge in [-0.05, 0) is 24.4 Å². The number of nitrogens with one attached hydrogen (secondary N) is 1. The summed E-state index contributed by atoms with van der Waals surface area (Å²) in [6.45, 7) is 1.33. The van der Waals surface area contributed by atoms with Gasteiger partial charge in [-0.1, -0.05) is 0 Å². The van der Waals surface area contributed by atoms with Crippen LogP contribution >= 0.6 is 11.5 Å². The minimum Gasteiger partial charge on any atom is -0.382 e. The van der Waals surface area contributed by atoms with Crippen LogP contribution in [0.25, 0.3) is 0 Å². The Morgan fingerprint density at radius 3 is 2.48 bits per heavy atom. The molecule has 1 aliphatic carbocycles. The Hall–Kier alpha value is -1.38. The predicted octanol–water partition coefficient (Wildman–Crippen LogP) is 0.467. The van der Waals surface area contributed by atoms with Crippen molar-refractivity contribution in [2.45, 2.75) is 31.1 Å². The maximum atomic E-state index is 12.3. The minimum atomic E-state index is -0.131. The summed E-state index contributed by atoms with van der Waals surface area (Å²) in [5.74, 6) is 0.163. The zero-order valence-electron chi connectivity index (χ0n) is 12.2. The van der Waals surface area contributed by atoms with E-state index in [9.17, 15) is 4.79 Å². The third-order valence-corrected chi connectivity index (χ3v) is 4.87. The number of hydrogen-bond acceptors (Lipinski definition) is 7. The van der Waals surface area contributed by atoms with Crippen molar-refractivity contribution in [2.24, 2.45) is 0 Å². The number of aromatic nitrogens is 1. The average molecular weight is 312 g/mol. The molecule has 3 N–H and O–H groups in total. The number of amides is 1. The summed E-state index contributed by atoms with van der Waals surface area (Å²) in [6.07, 6.45) is 2.05. The lowest BCUT2D eigenvalue weighted by Crippen LogP contribution is -2.29. The van der Waals surface area contributed by atoms with Crippen LogP contribution in [0, 0.1) is 0 Å². The van der Waals surface area contributed by atoms with E-state index < -0.39 is 0 Å². The monoisotopic (exact) mass is 312 g/mol. The second kappa shape index (κ2) is 5.78. The van der Waals surface area contributed by atoms with E-state index in [0.717, 1.165) is 17.8 Å². The van der Waals surface area contributed by atoms with Crippen molar-refractivity contribution < 1.29 is 14.3 Å². The lowest BCUT2D eigenvalue weighted by molar-refractivity contribution is -0.00461. The quantitative estimate of drug-likeness (QED) is 0.821. The Morgan fingerprint density at radius 1 is 1.33 bits per heavy atom. The molecule has 0 bridgehead atoms. The van der Waals surface area contributed by atoms with Gasteiger partial charge in [0.05, 0.1) is 0 Å². The first-order chi connectivity index (χ1) is 10.1. The van der Waals surface area contributed by atoms with Gasteiger partial charge in [-0.25, -0.2) is 0 Å². The summed E-state index contributed by atoms with van der Waals surface area (Å²) in [5, 5.41) is 3.77. The SMILES string of the molecule is COC1CN(c2snc(N)c2C(=O)NC2CC2)CC1OC. The van der Waals surface area contributed by atoms with Gasteiger partial charge in [-0.3, -0.25) is 4.79 Å². The Kier molecular flexibility index (Phi) is 4.01. The summed E-state index contributed by atoms with van der Waals surface area (Å²) < 4.78 is 15.0. The van der Waals surface area contributed by atoms with Gasteiger partial charge < -0.3 is 25.4 Å². The van der Waals surface area contributed by atoms with Crippen LogP contribution in [0.4, 0.5) is 10.8 Å². The molecule has 0 radical (unpaired) electrons. The van der Waals surface area contributed by atoms with E-state index in [1.807, 2.05) is 0 Å². The molecule has 1 aromatic rings. The lowest BCUT2D eigenvalue weighted by atomic mass is 10.2. The summed E-state index contributed by atoms with van der Waals surface area (Å²) in [4.78, 5) is 14.4. The Balaban J connectivity index is 1.80. The van der Waals surface area contributed by atoms with Crippen molar-refractivity contribution in [1.29, 1.82) is 0 Å². The van der Waals surface area contributed by atoms with Gasteiger partial charge in [0.15, 0.2) is 5.82 Å². The first kappa shape index (κ1) is 14.6. The molecule has 2 fully saturated rings. The van der Waals surface area contributed by atoms with Crippen LogP contribution in [-0.2, 0) is 9.47 Å². The number of methoxy groups -OCH3 is 2. The number of anilines is 2. The molecule has 21 heavy (non-hydrogen) atoms. The summed E-state index contributed by atoms with van der Waals surface area (Å²) in [5.41, 5.74) is 6.37. The first-order valence-electron chi connectivity index (χ1n) is 7.00. The molecule has 1 saturated heterocycles. The standard InChI is InChI=1S/C13H20N4O3S/c1-19-8-5-17(6-9(8)20-2)13-10(11(14)16-21-13)12(18)15-7-3-4-7/h7-9H,3-6H2,1-2H3,(H2,14,16)(H,15,18). The topological polar surface area (TPSA) is 89.7 Å². The van der Waals surface area contributed by atoms with Crippen LogP contribution in [0.1, 0.15) is 23.2 Å². The minimum absolute atomic E-state index is 0.0160. The van der Waals surface area contributed by atoms with Crippen molar-refractivity contribution in [3.63, 3.8) is 0 Å². The fourth-order valence-corrected chi connectivity index (χ4v) is 3.40. The van der Waals surface area contributed by atoms with Crippen LogP contribution in [0.3, 0.4) is 0 Å². The van der Waals surface area contributed by atoms with Gasteiger partial charge >= 0.3 is 0 Å². The molecular formula is C13H20N4O3S. The van der Waals surface area contributed by atoms with E-state index >= 15 is 0 Å². The zero-order valence-corrected chi connectivity index (χ0v) is 13.0. The van der Waals surface area contributed by atoms with Crippen LogP contribution in [0.2, 0.25) is 0 Å². The van der Waals surface area contributed by atoms with Gasteiger partial charge in [0.25, 0.3) is 5.91 Å². The third kappa shape index (κ3) is 2.83. The van der Waals surface area contributed by atoms with Crippen molar-refractivity contribution in [3.05, 3.63) is 5.56 Å². The average Bonchev–Trinajstić information content (AvgIpc) is 3.04. The van der Waals surface area contributed by atoms with Gasteiger partial charge in [-0.2, -0.15) is 4.37 Å². The van der Waals surface area contributed by atoms with Gasteiger partial charge in [0.1, 0.15) is 22.8 Å². The fraction of sp³-hybridized carbons (Fsp3) is 0.692. The molecular weight excluding hydrogens is 292 g/mol. The fourth-order valence-electron chi connectivity index (χ4n) is 2.57. The highest BCUT2D eigenvalue weighted by Gasteiger charge is 2.37. The first-order valence-corrected chi connectivity index (χ1v) is 7.78. The third-order valence-electron chi connectivity index (χ3n) is 3.95. The van der Waals surface area contributed by atoms with Crippen molar-refractivity contribution in [3.8, 4) is 0 Å². The number of hydrogen-bond donors (Lipinski definition) is 2. The molecule has 1 amide bonds. The number of carbonyl (C=O) groups excluding carboxylic acids is 1. The summed E-state index contributed by atoms with van der Waals surface area (Å²) in [6, 6.07) is 0.293. The molecule has 1 aliphatic heterocycles. The molecule has 0 spiro atoms. The van der Waals surface area contributed by atoms with Crippen LogP contribution in [0.5, 0.6) is 0 Å². The Bertz CT molecular complexity index is 519. The van der Waals surface area contributed by atoms with Gasteiger partial charge in [0.2, 0.25) is 0 Å². The molecule has 2 aliphatic rings. The van der Waals surface area contributed by atoms with Crippen molar-refractivity contribution >= 4 is 28.3 Å². The van der Waals surface area contributed by atoms with Gasteiger partial charge in [0, 0.05) is 33.4 Å². The van der Waals surface area contributed by atoms with E-state index in [4.69, 9.17) is 15.2 Å². The van der Waals surface area contributed by atoms with E-state index in [0.29, 0.717) is 30.5 Å². The molecule has 1 saturated carbocycles. The number of nitrogens with zero attached hydrogens (tertiary/aromatic N) is 2. The molecule has 2 heterocycles. The molecule has 1 aromatic heterocycles. The number of rotatable bonds is 5. The summed E-state index contributed by atoms with van der Waals surface area (Å²) in [7, 11) is 3.34. The molecule has 3 rings (SSSR count). The largest absolute Gasteiger partial charge is 0.382 e. The van der Waals surface area contributed by atoms with Gasteiger partial charge in [-0.15, -0.1) is 0 Å². The highest BCUT2D eigenvalue weighted by molar-refractivity contribution is 7.11. The smallest absolute Gasteiger partial charge is 0.258 e. The van der Waals surface area contributed by atoms with E-state index in [2.05, 4.69) is 14.6 Å². The van der Waals surface area contributed by atoms with E-state index in [-0.39, 0.29) is 18.1 Å². The number of ether oxygens (including phenoxy) is 2. The predicted molar refractivity (Wildman–Crippen MR) is 80.8 cm³/mol. The van der Waals surface area contributed by atoms with E-state index in [1.54, 1.807) is 14.2 Å². The lowest BCUT2D eigenvalue weighted by Gasteiger charge is -2.17. The molecule has 8 heteroatoms. The van der Waals surface area contributed by atoms with Crippen LogP contribution < -0.4 is 16.0 Å². The summed E-state index contributed by atoms with van der Waals surface area (Å²) >= 11 is 1.25. The van der Waals surface area contributed by atoms with Crippen molar-refractivity contribution in [1.82, 2.24) is 9.69 Å². The highest BCUT2D eigenvalue weighted by Crippen LogP contribution is 2.34. The maximum absolute atomic E-state index is 12.3. The second-order valence-corrected chi connectivity index (χ2v) is 6.20. The zero-order chi connectivity index (χ0) is 15.0. The van der Waals surface area contributed by atoms with Crippen LogP contribution in [-0.4, -0.2) is 55.8 Å². The van der Waals surface area contributed by atoms with Crippen molar-refractivity contribution in [2.75, 3.05) is 37.9 Å². The number of carbonyl (C=O) groups is 1. The highest BCUT2D eigenvalue weighted by atomic mass is 32.1. The van der Waals surface area contributed by atoms with Crippen LogP contribution in [0.15, 0.2) is 0 Å². The number of nitrogen functional groups attached to an aromatic ring is 1. The Morgan fingerprint density at radius 2 is 1.95 bits per heavy atom. The molecule has 0 aromatic carbocycles. The normalized spacial score (nSPS) is 25.3.